The van der Waals surface area contributed by atoms with Gasteiger partial charge in [0.15, 0.2) is 0 Å². The molecule has 1 heterocycles. The van der Waals surface area contributed by atoms with Crippen molar-refractivity contribution in [3.8, 4) is 22.4 Å². The molecule has 9 nitrogen and oxygen atoms in total. The molecule has 0 radical (unpaired) electrons. The number of aromatic amines is 1. The van der Waals surface area contributed by atoms with Gasteiger partial charge in [-0.1, -0.05) is 67.2 Å². The summed E-state index contributed by atoms with van der Waals surface area (Å²) in [6.45, 7) is 3.84. The summed E-state index contributed by atoms with van der Waals surface area (Å²) in [5.41, 5.74) is 7.37. The first-order valence-electron chi connectivity index (χ1n) is 10.2. The molecule has 3 aromatic carbocycles. The smallest absolute Gasteiger partial charge is 0.277 e. The van der Waals surface area contributed by atoms with E-state index >= 15 is 0 Å². The molecule has 1 aromatic heterocycles. The summed E-state index contributed by atoms with van der Waals surface area (Å²) in [5, 5.41) is 17.5. The van der Waals surface area contributed by atoms with Crippen LogP contribution in [0.15, 0.2) is 96.3 Å². The van der Waals surface area contributed by atoms with Crippen LogP contribution in [0.3, 0.4) is 0 Å². The Morgan fingerprint density at radius 3 is 2.06 bits per heavy atom. The number of carbonyl (C=O) groups excluding carboxylic acids is 1. The highest BCUT2D eigenvalue weighted by molar-refractivity contribution is 6.03. The number of hydrazine groups is 1. The Morgan fingerprint density at radius 2 is 1.47 bits per heavy atom. The van der Waals surface area contributed by atoms with Crippen LogP contribution in [0.1, 0.15) is 15.9 Å². The molecule has 0 saturated heterocycles. The number of aromatic nitrogens is 2. The molecule has 0 fully saturated rings. The lowest BCUT2D eigenvalue weighted by atomic mass is 9.95. The van der Waals surface area contributed by atoms with Crippen LogP contribution < -0.4 is 16.4 Å². The van der Waals surface area contributed by atoms with Gasteiger partial charge in [-0.3, -0.25) is 30.6 Å². The molecule has 168 valence electrons. The van der Waals surface area contributed by atoms with Gasteiger partial charge in [-0.25, -0.2) is 5.10 Å². The van der Waals surface area contributed by atoms with E-state index < -0.39 is 16.4 Å². The zero-order chi connectivity index (χ0) is 24.1. The highest BCUT2D eigenvalue weighted by Crippen LogP contribution is 2.31. The zero-order valence-electron chi connectivity index (χ0n) is 17.8. The van der Waals surface area contributed by atoms with E-state index in [2.05, 4.69) is 27.6 Å². The van der Waals surface area contributed by atoms with Crippen LogP contribution in [0, 0.1) is 10.1 Å². The molecule has 0 aliphatic carbocycles. The van der Waals surface area contributed by atoms with Gasteiger partial charge in [0, 0.05) is 23.3 Å². The molecule has 0 unspecified atom stereocenters. The predicted molar refractivity (Wildman–Crippen MR) is 128 cm³/mol. The fourth-order valence-electron chi connectivity index (χ4n) is 3.41. The van der Waals surface area contributed by atoms with Crippen molar-refractivity contribution < 1.29 is 9.72 Å². The van der Waals surface area contributed by atoms with E-state index in [1.54, 1.807) is 12.1 Å². The van der Waals surface area contributed by atoms with Crippen LogP contribution in [0.4, 0.5) is 5.69 Å². The first-order valence-corrected chi connectivity index (χ1v) is 10.2. The Balaban J connectivity index is 1.68. The fraction of sp³-hybridized carbons (Fsp3) is 0. The average molecular weight is 453 g/mol. The fourth-order valence-corrected chi connectivity index (χ4v) is 3.41. The van der Waals surface area contributed by atoms with Crippen molar-refractivity contribution >= 4 is 17.3 Å². The van der Waals surface area contributed by atoms with Crippen LogP contribution in [0.2, 0.25) is 0 Å². The number of non-ortho nitro benzene ring substituents is 1. The molecule has 0 spiro atoms. The van der Waals surface area contributed by atoms with Gasteiger partial charge in [-0.2, -0.15) is 5.10 Å². The lowest BCUT2D eigenvalue weighted by Crippen LogP contribution is -2.39. The van der Waals surface area contributed by atoms with Gasteiger partial charge >= 0.3 is 0 Å². The van der Waals surface area contributed by atoms with Gasteiger partial charge < -0.3 is 0 Å². The number of nitrogens with zero attached hydrogens (tertiary/aromatic N) is 2. The summed E-state index contributed by atoms with van der Waals surface area (Å²) < 4.78 is 0. The third kappa shape index (κ3) is 4.58. The molecule has 0 aliphatic heterocycles. The monoisotopic (exact) mass is 453 g/mol. The molecule has 3 N–H and O–H groups in total. The second-order valence-corrected chi connectivity index (χ2v) is 7.25. The van der Waals surface area contributed by atoms with E-state index in [1.165, 1.54) is 24.3 Å². The van der Waals surface area contributed by atoms with E-state index in [4.69, 9.17) is 0 Å². The van der Waals surface area contributed by atoms with Crippen LogP contribution in [-0.4, -0.2) is 21.0 Å². The first-order chi connectivity index (χ1) is 16.5. The summed E-state index contributed by atoms with van der Waals surface area (Å²) in [5.74, 6) is -0.692. The third-order valence-corrected chi connectivity index (χ3v) is 5.07. The molecule has 1 amide bonds. The molecule has 0 aliphatic rings. The maximum absolute atomic E-state index is 13.2. The van der Waals surface area contributed by atoms with Crippen LogP contribution in [0.25, 0.3) is 28.1 Å². The number of nitro benzene ring substituents is 1. The lowest BCUT2D eigenvalue weighted by molar-refractivity contribution is -0.384. The predicted octanol–water partition coefficient (Wildman–Crippen LogP) is 3.92. The topological polar surface area (TPSA) is 130 Å². The maximum Gasteiger partial charge on any atom is 0.277 e. The van der Waals surface area contributed by atoms with Gasteiger partial charge in [0.2, 0.25) is 0 Å². The number of benzene rings is 3. The standard InChI is InChI=1S/C25H19N5O4/c1-16(17-12-14-20(15-13-17)30(33)34)26-28-24(31)22-21(18-8-4-2-5-9-18)23(27-29-25(22)32)19-10-6-3-7-11-19/h2-15,26H,1H2,(H,28,31)(H,29,32). The highest BCUT2D eigenvalue weighted by atomic mass is 16.6. The normalized spacial score (nSPS) is 10.4. The van der Waals surface area contributed by atoms with Gasteiger partial charge in [-0.15, -0.1) is 0 Å². The Hall–Kier alpha value is -5.05. The lowest BCUT2D eigenvalue weighted by Gasteiger charge is -2.15. The summed E-state index contributed by atoms with van der Waals surface area (Å²) in [7, 11) is 0. The number of amides is 1. The number of hydrogen-bond donors (Lipinski definition) is 3. The minimum atomic E-state index is -0.692. The average Bonchev–Trinajstić information content (AvgIpc) is 2.88. The zero-order valence-corrected chi connectivity index (χ0v) is 17.8. The van der Waals surface area contributed by atoms with Crippen LogP contribution in [0.5, 0.6) is 0 Å². The summed E-state index contributed by atoms with van der Waals surface area (Å²) in [6.07, 6.45) is 0. The van der Waals surface area contributed by atoms with Crippen molar-refractivity contribution in [1.29, 1.82) is 0 Å². The molecule has 0 bridgehead atoms. The Bertz CT molecular complexity index is 1420. The van der Waals surface area contributed by atoms with Crippen molar-refractivity contribution in [3.05, 3.63) is 123 Å². The van der Waals surface area contributed by atoms with Crippen molar-refractivity contribution in [2.75, 3.05) is 0 Å². The number of rotatable bonds is 7. The SMILES string of the molecule is C=C(NNC(=O)c1c(-c2ccccc2)c(-c2ccccc2)n[nH]c1=O)c1ccc([N+](=O)[O-])cc1. The Labute approximate surface area is 193 Å². The van der Waals surface area contributed by atoms with Crippen LogP contribution in [-0.2, 0) is 0 Å². The number of nitrogens with one attached hydrogen (secondary N) is 3. The molecular formula is C25H19N5O4. The first kappa shape index (κ1) is 22.2. The molecule has 4 aromatic rings. The van der Waals surface area contributed by atoms with E-state index in [9.17, 15) is 19.7 Å². The molecule has 4 rings (SSSR count). The van der Waals surface area contributed by atoms with E-state index in [0.29, 0.717) is 28.1 Å². The van der Waals surface area contributed by atoms with Gasteiger partial charge in [0.1, 0.15) is 5.56 Å². The second-order valence-electron chi connectivity index (χ2n) is 7.25. The Morgan fingerprint density at radius 1 is 0.882 bits per heavy atom. The molecule has 34 heavy (non-hydrogen) atoms. The molecular weight excluding hydrogens is 434 g/mol. The number of H-pyrrole nitrogens is 1. The van der Waals surface area contributed by atoms with E-state index in [-0.39, 0.29) is 11.3 Å². The maximum atomic E-state index is 13.2. The van der Waals surface area contributed by atoms with Crippen molar-refractivity contribution in [3.63, 3.8) is 0 Å². The molecule has 9 heteroatoms. The summed E-state index contributed by atoms with van der Waals surface area (Å²) >= 11 is 0. The van der Waals surface area contributed by atoms with E-state index in [0.717, 1.165) is 5.56 Å². The highest BCUT2D eigenvalue weighted by Gasteiger charge is 2.23. The minimum Gasteiger partial charge on any atom is -0.298 e. The van der Waals surface area contributed by atoms with Gasteiger partial charge in [0.25, 0.3) is 17.2 Å². The van der Waals surface area contributed by atoms with E-state index in [1.807, 2.05) is 48.5 Å². The Kier molecular flexibility index (Phi) is 6.26. The largest absolute Gasteiger partial charge is 0.298 e. The quantitative estimate of drug-likeness (QED) is 0.287. The van der Waals surface area contributed by atoms with Crippen molar-refractivity contribution in [2.45, 2.75) is 0 Å². The number of hydrogen-bond acceptors (Lipinski definition) is 6. The van der Waals surface area contributed by atoms with Crippen molar-refractivity contribution in [1.82, 2.24) is 21.0 Å². The number of nitro groups is 1. The summed E-state index contributed by atoms with van der Waals surface area (Å²) in [4.78, 5) is 36.3. The van der Waals surface area contributed by atoms with Crippen molar-refractivity contribution in [2.24, 2.45) is 0 Å². The summed E-state index contributed by atoms with van der Waals surface area (Å²) in [6, 6.07) is 23.9. The number of carbonyl (C=O) groups is 1. The third-order valence-electron chi connectivity index (χ3n) is 5.07. The van der Waals surface area contributed by atoms with Gasteiger partial charge in [-0.05, 0) is 23.3 Å². The van der Waals surface area contributed by atoms with Gasteiger partial charge in [0.05, 0.1) is 16.3 Å². The van der Waals surface area contributed by atoms with Crippen LogP contribution >= 0.6 is 0 Å². The molecule has 0 atom stereocenters. The minimum absolute atomic E-state index is 0.0650. The second kappa shape index (κ2) is 9.61. The molecule has 0 saturated carbocycles.